The lowest BCUT2D eigenvalue weighted by Crippen LogP contribution is -2.02. The fourth-order valence-electron chi connectivity index (χ4n) is 1.29. The Morgan fingerprint density at radius 2 is 2.14 bits per heavy atom. The number of rotatable bonds is 1. The molecule has 0 aliphatic rings. The van der Waals surface area contributed by atoms with Crippen LogP contribution >= 0.6 is 0 Å². The molecular weight excluding hydrogens is 176 g/mol. The lowest BCUT2D eigenvalue weighted by molar-refractivity contribution is 0.937. The predicted octanol–water partition coefficient (Wildman–Crippen LogP) is 1.45. The molecule has 0 saturated carbocycles. The van der Waals surface area contributed by atoms with Gasteiger partial charge in [0.25, 0.3) is 0 Å². The lowest BCUT2D eigenvalue weighted by Gasteiger charge is -2.04. The third-order valence-electron chi connectivity index (χ3n) is 1.95. The minimum absolute atomic E-state index is 0.564. The second kappa shape index (κ2) is 3.30. The summed E-state index contributed by atoms with van der Waals surface area (Å²) >= 11 is 0. The Hall–Kier alpha value is -2.15. The molecule has 0 spiro atoms. The normalized spacial score (nSPS) is 9.71. The molecule has 14 heavy (non-hydrogen) atoms. The maximum absolute atomic E-state index is 8.84. The van der Waals surface area contributed by atoms with Gasteiger partial charge in [-0.2, -0.15) is 5.26 Å². The van der Waals surface area contributed by atoms with Crippen LogP contribution in [0.25, 0.3) is 5.82 Å². The van der Waals surface area contributed by atoms with Crippen LogP contribution in [0.1, 0.15) is 11.4 Å². The van der Waals surface area contributed by atoms with Crippen molar-refractivity contribution in [3.05, 3.63) is 42.1 Å². The number of aryl methyl sites for hydroxylation is 1. The minimum Gasteiger partial charge on any atom is -0.291 e. The molecule has 0 atom stereocenters. The lowest BCUT2D eigenvalue weighted by atomic mass is 10.4. The Labute approximate surface area is 81.5 Å². The maximum atomic E-state index is 8.84. The first-order valence-corrected chi connectivity index (χ1v) is 4.18. The van der Waals surface area contributed by atoms with Gasteiger partial charge in [0.2, 0.25) is 0 Å². The largest absolute Gasteiger partial charge is 0.291 e. The van der Waals surface area contributed by atoms with E-state index in [1.807, 2.05) is 13.0 Å². The van der Waals surface area contributed by atoms with E-state index in [1.54, 1.807) is 29.2 Å². The number of hydrogen-bond donors (Lipinski definition) is 0. The summed E-state index contributed by atoms with van der Waals surface area (Å²) in [5.41, 5.74) is 1.37. The molecule has 2 rings (SSSR count). The molecule has 0 aliphatic heterocycles. The molecule has 0 aliphatic carbocycles. The standard InChI is InChI=1S/C10H8N4/c1-8-10(13-5-4-12-8)14-6-2-3-9(14)7-11/h2-6H,1H3. The summed E-state index contributed by atoms with van der Waals surface area (Å²) in [5, 5.41) is 8.84. The summed E-state index contributed by atoms with van der Waals surface area (Å²) < 4.78 is 1.72. The summed E-state index contributed by atoms with van der Waals surface area (Å²) in [5.74, 6) is 0.703. The Morgan fingerprint density at radius 1 is 1.36 bits per heavy atom. The molecule has 0 bridgehead atoms. The summed E-state index contributed by atoms with van der Waals surface area (Å²) in [6.07, 6.45) is 5.05. The average molecular weight is 184 g/mol. The van der Waals surface area contributed by atoms with Crippen LogP contribution in [0.3, 0.4) is 0 Å². The van der Waals surface area contributed by atoms with Crippen LogP contribution in [0.15, 0.2) is 30.7 Å². The van der Waals surface area contributed by atoms with Crippen LogP contribution in [0.5, 0.6) is 0 Å². The smallest absolute Gasteiger partial charge is 0.159 e. The van der Waals surface area contributed by atoms with E-state index in [4.69, 9.17) is 5.26 Å². The zero-order chi connectivity index (χ0) is 9.97. The summed E-state index contributed by atoms with van der Waals surface area (Å²) in [7, 11) is 0. The molecular formula is C10H8N4. The quantitative estimate of drug-likeness (QED) is 0.674. The van der Waals surface area contributed by atoms with Gasteiger partial charge in [0, 0.05) is 18.6 Å². The van der Waals surface area contributed by atoms with Crippen LogP contribution < -0.4 is 0 Å². The highest BCUT2D eigenvalue weighted by molar-refractivity contribution is 5.35. The number of hydrogen-bond acceptors (Lipinski definition) is 3. The minimum atomic E-state index is 0.564. The van der Waals surface area contributed by atoms with Crippen molar-refractivity contribution in [2.75, 3.05) is 0 Å². The van der Waals surface area contributed by atoms with E-state index in [0.717, 1.165) is 5.69 Å². The van der Waals surface area contributed by atoms with Crippen molar-refractivity contribution in [2.24, 2.45) is 0 Å². The van der Waals surface area contributed by atoms with Gasteiger partial charge in [-0.15, -0.1) is 0 Å². The SMILES string of the molecule is Cc1nccnc1-n1cccc1C#N. The fraction of sp³-hybridized carbons (Fsp3) is 0.100. The van der Waals surface area contributed by atoms with Gasteiger partial charge in [-0.05, 0) is 19.1 Å². The summed E-state index contributed by atoms with van der Waals surface area (Å²) in [4.78, 5) is 8.30. The Kier molecular flexibility index (Phi) is 1.99. The first-order valence-electron chi connectivity index (χ1n) is 4.18. The molecule has 2 heterocycles. The van der Waals surface area contributed by atoms with Crippen molar-refractivity contribution in [1.82, 2.24) is 14.5 Å². The molecule has 4 heteroatoms. The number of aromatic nitrogens is 3. The highest BCUT2D eigenvalue weighted by Crippen LogP contribution is 2.11. The van der Waals surface area contributed by atoms with Gasteiger partial charge in [0.15, 0.2) is 5.82 Å². The van der Waals surface area contributed by atoms with Crippen molar-refractivity contribution in [3.63, 3.8) is 0 Å². The molecule has 68 valence electrons. The average Bonchev–Trinajstić information content (AvgIpc) is 2.66. The topological polar surface area (TPSA) is 54.5 Å². The highest BCUT2D eigenvalue weighted by Gasteiger charge is 2.05. The first kappa shape index (κ1) is 8.45. The maximum Gasteiger partial charge on any atom is 0.159 e. The molecule has 0 amide bonds. The predicted molar refractivity (Wildman–Crippen MR) is 50.8 cm³/mol. The van der Waals surface area contributed by atoms with E-state index >= 15 is 0 Å². The van der Waals surface area contributed by atoms with Gasteiger partial charge in [-0.3, -0.25) is 9.55 Å². The monoisotopic (exact) mass is 184 g/mol. The molecule has 2 aromatic heterocycles. The molecule has 0 fully saturated rings. The summed E-state index contributed by atoms with van der Waals surface area (Å²) in [6, 6.07) is 5.65. The van der Waals surface area contributed by atoms with Crippen LogP contribution in [0.4, 0.5) is 0 Å². The second-order valence-electron chi connectivity index (χ2n) is 2.84. The van der Waals surface area contributed by atoms with Crippen molar-refractivity contribution in [1.29, 1.82) is 5.26 Å². The van der Waals surface area contributed by atoms with E-state index in [1.165, 1.54) is 0 Å². The van der Waals surface area contributed by atoms with E-state index in [0.29, 0.717) is 11.5 Å². The molecule has 0 saturated heterocycles. The van der Waals surface area contributed by atoms with Gasteiger partial charge in [0.05, 0.1) is 5.69 Å². The molecule has 4 nitrogen and oxygen atoms in total. The van der Waals surface area contributed by atoms with E-state index in [2.05, 4.69) is 16.0 Å². The van der Waals surface area contributed by atoms with Crippen molar-refractivity contribution < 1.29 is 0 Å². The molecule has 0 unspecified atom stereocenters. The van der Waals surface area contributed by atoms with Crippen molar-refractivity contribution in [2.45, 2.75) is 6.92 Å². The zero-order valence-electron chi connectivity index (χ0n) is 7.68. The van der Waals surface area contributed by atoms with E-state index in [-0.39, 0.29) is 0 Å². The second-order valence-corrected chi connectivity index (χ2v) is 2.84. The van der Waals surface area contributed by atoms with Gasteiger partial charge in [-0.1, -0.05) is 0 Å². The number of nitrogens with zero attached hydrogens (tertiary/aromatic N) is 4. The van der Waals surface area contributed by atoms with Gasteiger partial charge in [0.1, 0.15) is 11.8 Å². The first-order chi connectivity index (χ1) is 6.83. The molecule has 0 radical (unpaired) electrons. The van der Waals surface area contributed by atoms with Crippen LogP contribution in [-0.4, -0.2) is 14.5 Å². The Balaban J connectivity index is 2.62. The van der Waals surface area contributed by atoms with Gasteiger partial charge in [-0.25, -0.2) is 4.98 Å². The molecule has 2 aromatic rings. The third-order valence-corrected chi connectivity index (χ3v) is 1.95. The number of nitriles is 1. The highest BCUT2D eigenvalue weighted by atomic mass is 15.1. The van der Waals surface area contributed by atoms with Crippen LogP contribution in [0, 0.1) is 18.3 Å². The Morgan fingerprint density at radius 3 is 2.86 bits per heavy atom. The van der Waals surface area contributed by atoms with Crippen LogP contribution in [0.2, 0.25) is 0 Å². The third kappa shape index (κ3) is 1.25. The van der Waals surface area contributed by atoms with E-state index < -0.39 is 0 Å². The van der Waals surface area contributed by atoms with E-state index in [9.17, 15) is 0 Å². The zero-order valence-corrected chi connectivity index (χ0v) is 7.68. The fourth-order valence-corrected chi connectivity index (χ4v) is 1.29. The van der Waals surface area contributed by atoms with Crippen molar-refractivity contribution >= 4 is 0 Å². The van der Waals surface area contributed by atoms with Gasteiger partial charge < -0.3 is 0 Å². The van der Waals surface area contributed by atoms with Crippen LogP contribution in [-0.2, 0) is 0 Å². The van der Waals surface area contributed by atoms with Gasteiger partial charge >= 0.3 is 0 Å². The Bertz CT molecular complexity index is 493. The molecule has 0 aromatic carbocycles. The summed E-state index contributed by atoms with van der Waals surface area (Å²) in [6.45, 7) is 1.86. The van der Waals surface area contributed by atoms with Crippen molar-refractivity contribution in [3.8, 4) is 11.9 Å². The molecule has 0 N–H and O–H groups in total.